The van der Waals surface area contributed by atoms with Crippen LogP contribution in [-0.2, 0) is 47.9 Å². The van der Waals surface area contributed by atoms with E-state index in [1.807, 2.05) is 39.8 Å². The van der Waals surface area contributed by atoms with Crippen molar-refractivity contribution < 1.29 is 46.5 Å². The lowest BCUT2D eigenvalue weighted by molar-refractivity contribution is -0.267. The van der Waals surface area contributed by atoms with E-state index < -0.39 is 64.2 Å². The van der Waals surface area contributed by atoms with E-state index in [1.165, 1.54) is 14.0 Å². The number of ether oxygens (including phenoxy) is 5. The van der Waals surface area contributed by atoms with Gasteiger partial charge >= 0.3 is 17.9 Å². The minimum absolute atomic E-state index is 0.101. The molecule has 1 heterocycles. The van der Waals surface area contributed by atoms with Gasteiger partial charge in [0.05, 0.1) is 10.6 Å². The second kappa shape index (κ2) is 12.8. The molecule has 1 aliphatic heterocycles. The van der Waals surface area contributed by atoms with Crippen molar-refractivity contribution in [2.24, 2.45) is 0 Å². The Kier molecular flexibility index (Phi) is 10.7. The smallest absolute Gasteiger partial charge is 0.303 e. The maximum absolute atomic E-state index is 14.2. The first-order valence-corrected chi connectivity index (χ1v) is 14.7. The third kappa shape index (κ3) is 7.58. The van der Waals surface area contributed by atoms with Gasteiger partial charge in [0, 0.05) is 27.9 Å². The van der Waals surface area contributed by atoms with Crippen molar-refractivity contribution in [2.75, 3.05) is 19.5 Å². The van der Waals surface area contributed by atoms with Crippen LogP contribution in [0.3, 0.4) is 0 Å². The van der Waals surface area contributed by atoms with Gasteiger partial charge in [-0.25, -0.2) is 8.42 Å². The Morgan fingerprint density at radius 3 is 1.77 bits per heavy atom. The van der Waals surface area contributed by atoms with Crippen molar-refractivity contribution >= 4 is 27.7 Å². The minimum Gasteiger partial charge on any atom is -0.460 e. The Balaban J connectivity index is 2.70. The van der Waals surface area contributed by atoms with E-state index in [2.05, 4.69) is 13.8 Å². The van der Waals surface area contributed by atoms with Gasteiger partial charge in [-0.2, -0.15) is 0 Å². The first-order chi connectivity index (χ1) is 18.0. The normalized spacial score (nSPS) is 23.4. The molecule has 1 saturated heterocycles. The van der Waals surface area contributed by atoms with E-state index in [0.29, 0.717) is 11.1 Å². The average Bonchev–Trinajstić information content (AvgIpc) is 3.07. The summed E-state index contributed by atoms with van der Waals surface area (Å²) in [5.74, 6) is -4.67. The van der Waals surface area contributed by atoms with E-state index in [-0.39, 0.29) is 22.6 Å². The third-order valence-electron chi connectivity index (χ3n) is 6.64. The maximum atomic E-state index is 14.2. The van der Waals surface area contributed by atoms with E-state index in [0.717, 1.165) is 19.4 Å². The molecule has 0 bridgehead atoms. The predicted octanol–water partition coefficient (Wildman–Crippen LogP) is 4.00. The second-order valence-corrected chi connectivity index (χ2v) is 12.8. The highest BCUT2D eigenvalue weighted by atomic mass is 32.2. The van der Waals surface area contributed by atoms with Crippen LogP contribution in [0.15, 0.2) is 17.0 Å². The summed E-state index contributed by atoms with van der Waals surface area (Å²) in [4.78, 5) is 35.9. The van der Waals surface area contributed by atoms with Crippen LogP contribution in [0.25, 0.3) is 0 Å². The number of benzene rings is 1. The molecule has 0 radical (unpaired) electrons. The summed E-state index contributed by atoms with van der Waals surface area (Å²) in [6.45, 7) is 14.8. The number of hydrogen-bond donors (Lipinski definition) is 0. The Labute approximate surface area is 231 Å². The van der Waals surface area contributed by atoms with Gasteiger partial charge in [0.2, 0.25) is 5.79 Å². The molecule has 0 aromatic heterocycles. The number of rotatable bonds is 11. The molecule has 1 fully saturated rings. The summed E-state index contributed by atoms with van der Waals surface area (Å²) in [7, 11) is -2.83. The summed E-state index contributed by atoms with van der Waals surface area (Å²) in [5.41, 5.74) is 2.40. The molecule has 0 amide bonds. The lowest BCUT2D eigenvalue weighted by Gasteiger charge is -2.32. The van der Waals surface area contributed by atoms with E-state index in [4.69, 9.17) is 23.7 Å². The molecule has 1 aromatic rings. The Hall–Kier alpha value is -2.50. The minimum atomic E-state index is -4.07. The van der Waals surface area contributed by atoms with Gasteiger partial charge in [0.25, 0.3) is 0 Å². The summed E-state index contributed by atoms with van der Waals surface area (Å²) in [6.07, 6.45) is -4.05. The number of sulfone groups is 1. The summed E-state index contributed by atoms with van der Waals surface area (Å²) in [5, 5.41) is 0. The largest absolute Gasteiger partial charge is 0.460 e. The standard InChI is InChI=1S/C28H42O10S/c1-15(2)21-11-22(16(3)4)26(23(12-21)17(5)6)39(32,33)13-24-25(36-19(8)30)27(37-20(9)31)28(34-10,38-24)14-35-18(7)29/h11-12,15-17,24-25,27H,13-14H2,1-10H3/t24-,25-,27+,28+/m1/s1. The van der Waals surface area contributed by atoms with E-state index in [1.54, 1.807) is 0 Å². The molecular formula is C28H42O10S. The topological polar surface area (TPSA) is 132 Å². The predicted molar refractivity (Wildman–Crippen MR) is 143 cm³/mol. The van der Waals surface area contributed by atoms with Gasteiger partial charge < -0.3 is 23.7 Å². The van der Waals surface area contributed by atoms with Crippen LogP contribution in [-0.4, -0.2) is 69.9 Å². The first-order valence-electron chi connectivity index (χ1n) is 13.1. The summed E-state index contributed by atoms with van der Waals surface area (Å²) >= 11 is 0. The molecule has 0 saturated carbocycles. The molecule has 11 heteroatoms. The maximum Gasteiger partial charge on any atom is 0.303 e. The molecule has 0 aliphatic carbocycles. The summed E-state index contributed by atoms with van der Waals surface area (Å²) in [6, 6.07) is 3.85. The van der Waals surface area contributed by atoms with Crippen LogP contribution in [0, 0.1) is 0 Å². The van der Waals surface area contributed by atoms with Crippen molar-refractivity contribution in [3.05, 3.63) is 28.8 Å². The zero-order chi connectivity index (χ0) is 29.9. The zero-order valence-corrected chi connectivity index (χ0v) is 25.3. The van der Waals surface area contributed by atoms with Crippen molar-refractivity contribution in [1.82, 2.24) is 0 Å². The summed E-state index contributed by atoms with van der Waals surface area (Å²) < 4.78 is 56.0. The van der Waals surface area contributed by atoms with Gasteiger partial charge in [-0.05, 0) is 34.4 Å². The lowest BCUT2D eigenvalue weighted by atomic mass is 9.89. The molecule has 0 N–H and O–H groups in total. The van der Waals surface area contributed by atoms with Gasteiger partial charge in [-0.3, -0.25) is 14.4 Å². The van der Waals surface area contributed by atoms with Crippen LogP contribution in [0.4, 0.5) is 0 Å². The van der Waals surface area contributed by atoms with Crippen LogP contribution in [0.2, 0.25) is 0 Å². The molecule has 4 atom stereocenters. The fourth-order valence-electron chi connectivity index (χ4n) is 4.72. The molecule has 1 aromatic carbocycles. The van der Waals surface area contributed by atoms with Crippen molar-refractivity contribution in [3.63, 3.8) is 0 Å². The quantitative estimate of drug-likeness (QED) is 0.284. The van der Waals surface area contributed by atoms with Crippen LogP contribution < -0.4 is 0 Å². The van der Waals surface area contributed by atoms with Crippen molar-refractivity contribution in [3.8, 4) is 0 Å². The molecule has 220 valence electrons. The van der Waals surface area contributed by atoms with Gasteiger partial charge in [0.15, 0.2) is 22.0 Å². The van der Waals surface area contributed by atoms with Crippen LogP contribution >= 0.6 is 0 Å². The monoisotopic (exact) mass is 570 g/mol. The van der Waals surface area contributed by atoms with E-state index >= 15 is 0 Å². The molecule has 1 aliphatic rings. The highest BCUT2D eigenvalue weighted by Gasteiger charge is 2.61. The second-order valence-electron chi connectivity index (χ2n) is 10.8. The van der Waals surface area contributed by atoms with Gasteiger partial charge in [0.1, 0.15) is 12.7 Å². The Bertz CT molecular complexity index is 1140. The van der Waals surface area contributed by atoms with Crippen LogP contribution in [0.5, 0.6) is 0 Å². The lowest BCUT2D eigenvalue weighted by Crippen LogP contribution is -2.51. The molecule has 0 unspecified atom stereocenters. The number of hydrogen-bond acceptors (Lipinski definition) is 10. The zero-order valence-electron chi connectivity index (χ0n) is 24.5. The average molecular weight is 571 g/mol. The third-order valence-corrected chi connectivity index (χ3v) is 8.50. The highest BCUT2D eigenvalue weighted by molar-refractivity contribution is 7.91. The number of esters is 3. The molecule has 0 spiro atoms. The number of methoxy groups -OCH3 is 1. The first kappa shape index (κ1) is 32.7. The van der Waals surface area contributed by atoms with Crippen molar-refractivity contribution in [2.45, 2.75) is 109 Å². The molecule has 2 rings (SSSR count). The van der Waals surface area contributed by atoms with E-state index in [9.17, 15) is 22.8 Å². The molecule has 10 nitrogen and oxygen atoms in total. The van der Waals surface area contributed by atoms with Gasteiger partial charge in [-0.1, -0.05) is 53.7 Å². The van der Waals surface area contributed by atoms with Crippen molar-refractivity contribution in [1.29, 1.82) is 0 Å². The fraction of sp³-hybridized carbons (Fsp3) is 0.679. The number of carbonyl (C=O) groups is 3. The number of carbonyl (C=O) groups excluding carboxylic acids is 3. The Morgan fingerprint density at radius 1 is 0.872 bits per heavy atom. The molecule has 39 heavy (non-hydrogen) atoms. The fourth-order valence-corrected chi connectivity index (χ4v) is 6.88. The SMILES string of the molecule is CO[C@@]1(COC(C)=O)O[C@H](CS(=O)(=O)c2c(C(C)C)cc(C(C)C)cc2C(C)C)[C@@H](OC(C)=O)[C@@H]1OC(C)=O. The van der Waals surface area contributed by atoms with Crippen LogP contribution in [0.1, 0.15) is 96.8 Å². The Morgan fingerprint density at radius 2 is 1.38 bits per heavy atom. The highest BCUT2D eigenvalue weighted by Crippen LogP contribution is 2.40. The molecular weight excluding hydrogens is 528 g/mol. The van der Waals surface area contributed by atoms with Gasteiger partial charge in [-0.15, -0.1) is 0 Å².